The number of benzene rings is 2. The number of fused-ring (bicyclic) bond motifs is 1. The molecule has 1 aliphatic heterocycles. The molecule has 2 aromatic carbocycles. The van der Waals surface area contributed by atoms with Crippen LogP contribution in [0.2, 0.25) is 0 Å². The van der Waals surface area contributed by atoms with Crippen LogP contribution < -0.4 is 15.0 Å². The van der Waals surface area contributed by atoms with E-state index in [-0.39, 0.29) is 12.1 Å². The second-order valence-corrected chi connectivity index (χ2v) is 6.78. The Morgan fingerprint density at radius 2 is 1.94 bits per heavy atom. The molecule has 0 bridgehead atoms. The highest BCUT2D eigenvalue weighted by molar-refractivity contribution is 6.39. The average Bonchev–Trinajstić information content (AvgIpc) is 3.09. The normalized spacial score (nSPS) is 15.3. The third kappa shape index (κ3) is 3.65. The molecular weight excluding hydrogens is 396 g/mol. The van der Waals surface area contributed by atoms with Gasteiger partial charge in [0.1, 0.15) is 17.9 Å². The van der Waals surface area contributed by atoms with Gasteiger partial charge in [-0.1, -0.05) is 24.3 Å². The van der Waals surface area contributed by atoms with Crippen LogP contribution in [-0.4, -0.2) is 29.0 Å². The lowest BCUT2D eigenvalue weighted by atomic mass is 10.1. The van der Waals surface area contributed by atoms with Gasteiger partial charge in [-0.3, -0.25) is 14.9 Å². The molecule has 8 nitrogen and oxygen atoms in total. The highest BCUT2D eigenvalue weighted by atomic mass is 16.5. The molecule has 1 N–H and O–H groups in total. The minimum Gasteiger partial charge on any atom is -0.494 e. The van der Waals surface area contributed by atoms with Crippen molar-refractivity contribution in [3.05, 3.63) is 65.9 Å². The summed E-state index contributed by atoms with van der Waals surface area (Å²) in [6, 6.07) is 15.2. The number of para-hydroxylation sites is 1. The Kier molecular flexibility index (Phi) is 5.24. The summed E-state index contributed by atoms with van der Waals surface area (Å²) in [5.41, 5.74) is 1.51. The first-order valence-electron chi connectivity index (χ1n) is 9.62. The van der Waals surface area contributed by atoms with E-state index in [1.54, 1.807) is 35.0 Å². The van der Waals surface area contributed by atoms with E-state index in [4.69, 9.17) is 10.00 Å². The molecule has 1 aromatic heterocycles. The maximum absolute atomic E-state index is 13.2. The zero-order valence-corrected chi connectivity index (χ0v) is 16.7. The number of carbonyl (C=O) groups excluding carboxylic acids is 3. The van der Waals surface area contributed by atoms with Gasteiger partial charge < -0.3 is 9.30 Å². The van der Waals surface area contributed by atoms with Gasteiger partial charge in [0.25, 0.3) is 11.8 Å². The minimum atomic E-state index is -0.826. The van der Waals surface area contributed by atoms with Crippen molar-refractivity contribution in [1.82, 2.24) is 9.88 Å². The fourth-order valence-electron chi connectivity index (χ4n) is 3.52. The van der Waals surface area contributed by atoms with Crippen molar-refractivity contribution in [1.29, 1.82) is 5.26 Å². The fraction of sp³-hybridized carbons (Fsp3) is 0.130. The number of rotatable bonds is 5. The molecular formula is C23H18N4O4. The van der Waals surface area contributed by atoms with Gasteiger partial charge in [-0.25, -0.2) is 9.69 Å². The second kappa shape index (κ2) is 8.16. The number of amides is 4. The number of anilines is 1. The highest BCUT2D eigenvalue weighted by Crippen LogP contribution is 2.28. The molecule has 31 heavy (non-hydrogen) atoms. The monoisotopic (exact) mass is 414 g/mol. The van der Waals surface area contributed by atoms with Crippen molar-refractivity contribution in [2.75, 3.05) is 11.5 Å². The summed E-state index contributed by atoms with van der Waals surface area (Å²) >= 11 is 0. The van der Waals surface area contributed by atoms with Crippen LogP contribution in [0.15, 0.2) is 60.3 Å². The van der Waals surface area contributed by atoms with Crippen molar-refractivity contribution in [3.8, 4) is 11.8 Å². The summed E-state index contributed by atoms with van der Waals surface area (Å²) < 4.78 is 7.18. The van der Waals surface area contributed by atoms with E-state index < -0.39 is 17.8 Å². The number of nitrogens with zero attached hydrogens (tertiary/aromatic N) is 3. The van der Waals surface area contributed by atoms with Gasteiger partial charge in [-0.05, 0) is 31.2 Å². The molecule has 0 saturated carbocycles. The minimum absolute atomic E-state index is 0.124. The summed E-state index contributed by atoms with van der Waals surface area (Å²) in [7, 11) is 0. The molecule has 1 aliphatic rings. The van der Waals surface area contributed by atoms with Gasteiger partial charge in [0, 0.05) is 28.7 Å². The van der Waals surface area contributed by atoms with Crippen LogP contribution in [-0.2, 0) is 16.1 Å². The predicted molar refractivity (Wildman–Crippen MR) is 114 cm³/mol. The molecule has 0 radical (unpaired) electrons. The number of carbonyl (C=O) groups is 3. The molecule has 0 unspecified atom stereocenters. The van der Waals surface area contributed by atoms with Crippen LogP contribution in [0.3, 0.4) is 0 Å². The lowest BCUT2D eigenvalue weighted by molar-refractivity contribution is -0.122. The lowest BCUT2D eigenvalue weighted by Gasteiger charge is -2.26. The van der Waals surface area contributed by atoms with Crippen molar-refractivity contribution >= 4 is 40.5 Å². The van der Waals surface area contributed by atoms with Crippen LogP contribution in [0, 0.1) is 11.3 Å². The largest absolute Gasteiger partial charge is 0.494 e. The van der Waals surface area contributed by atoms with Gasteiger partial charge in [0.2, 0.25) is 0 Å². The Bertz CT molecular complexity index is 1280. The Morgan fingerprint density at radius 3 is 2.71 bits per heavy atom. The molecule has 4 amide bonds. The molecule has 3 aromatic rings. The summed E-state index contributed by atoms with van der Waals surface area (Å²) in [4.78, 5) is 39.0. The van der Waals surface area contributed by atoms with Gasteiger partial charge in [0.15, 0.2) is 0 Å². The summed E-state index contributed by atoms with van der Waals surface area (Å²) in [6.45, 7) is 2.38. The first-order chi connectivity index (χ1) is 15.0. The quantitative estimate of drug-likeness (QED) is 0.510. The predicted octanol–water partition coefficient (Wildman–Crippen LogP) is 3.23. The van der Waals surface area contributed by atoms with E-state index in [0.29, 0.717) is 23.6 Å². The van der Waals surface area contributed by atoms with Crippen LogP contribution in [0.4, 0.5) is 10.5 Å². The maximum Gasteiger partial charge on any atom is 0.335 e. The number of hydrogen-bond donors (Lipinski definition) is 1. The topological polar surface area (TPSA) is 104 Å². The third-order valence-electron chi connectivity index (χ3n) is 4.85. The van der Waals surface area contributed by atoms with Gasteiger partial charge in [0.05, 0.1) is 18.4 Å². The standard InChI is InChI=1S/C23H18N4O4/c1-2-31-17-7-5-6-16(13-17)27-22(29)19(21(28)25-23(27)30)12-15-14-26(11-10-24)20-9-4-3-8-18(15)20/h3-9,12-14H,2,11H2,1H3,(H,25,28,30). The zero-order valence-electron chi connectivity index (χ0n) is 16.7. The molecule has 154 valence electrons. The Hall–Kier alpha value is -4.38. The van der Waals surface area contributed by atoms with Gasteiger partial charge in [-0.15, -0.1) is 0 Å². The summed E-state index contributed by atoms with van der Waals surface area (Å²) in [5.74, 6) is -1.01. The molecule has 0 aliphatic carbocycles. The summed E-state index contributed by atoms with van der Waals surface area (Å²) in [6.07, 6.45) is 3.15. The number of aromatic nitrogens is 1. The van der Waals surface area contributed by atoms with E-state index >= 15 is 0 Å². The molecule has 4 rings (SSSR count). The molecule has 0 atom stereocenters. The molecule has 1 saturated heterocycles. The van der Waals surface area contributed by atoms with E-state index in [1.807, 2.05) is 31.2 Å². The molecule has 8 heteroatoms. The van der Waals surface area contributed by atoms with E-state index in [2.05, 4.69) is 11.4 Å². The SMILES string of the molecule is CCOc1cccc(N2C(=O)NC(=O)C(=Cc3cn(CC#N)c4ccccc34)C2=O)c1. The first-order valence-corrected chi connectivity index (χ1v) is 9.62. The Labute approximate surface area is 177 Å². The second-order valence-electron chi connectivity index (χ2n) is 6.78. The number of imide groups is 2. The number of barbiturate groups is 1. The zero-order chi connectivity index (χ0) is 22.0. The van der Waals surface area contributed by atoms with Crippen molar-refractivity contribution in [2.24, 2.45) is 0 Å². The van der Waals surface area contributed by atoms with Crippen molar-refractivity contribution in [3.63, 3.8) is 0 Å². The Balaban J connectivity index is 1.78. The number of nitrogens with one attached hydrogen (secondary N) is 1. The fourth-order valence-corrected chi connectivity index (χ4v) is 3.52. The average molecular weight is 414 g/mol. The van der Waals surface area contributed by atoms with Gasteiger partial charge in [-0.2, -0.15) is 5.26 Å². The highest BCUT2D eigenvalue weighted by Gasteiger charge is 2.37. The maximum atomic E-state index is 13.2. The number of nitriles is 1. The Morgan fingerprint density at radius 1 is 1.13 bits per heavy atom. The van der Waals surface area contributed by atoms with Crippen molar-refractivity contribution in [2.45, 2.75) is 13.5 Å². The number of hydrogen-bond acceptors (Lipinski definition) is 5. The smallest absolute Gasteiger partial charge is 0.335 e. The lowest BCUT2D eigenvalue weighted by Crippen LogP contribution is -2.54. The summed E-state index contributed by atoms with van der Waals surface area (Å²) in [5, 5.41) is 12.1. The van der Waals surface area contributed by atoms with E-state index in [1.165, 1.54) is 6.08 Å². The van der Waals surface area contributed by atoms with Crippen molar-refractivity contribution < 1.29 is 19.1 Å². The van der Waals surface area contributed by atoms with Crippen LogP contribution in [0.25, 0.3) is 17.0 Å². The van der Waals surface area contributed by atoms with E-state index in [0.717, 1.165) is 15.8 Å². The molecule has 1 fully saturated rings. The van der Waals surface area contributed by atoms with Crippen LogP contribution in [0.1, 0.15) is 12.5 Å². The number of ether oxygens (including phenoxy) is 1. The third-order valence-corrected chi connectivity index (χ3v) is 4.85. The van der Waals surface area contributed by atoms with Crippen LogP contribution in [0.5, 0.6) is 5.75 Å². The van der Waals surface area contributed by atoms with Gasteiger partial charge >= 0.3 is 6.03 Å². The van der Waals surface area contributed by atoms with Crippen LogP contribution >= 0.6 is 0 Å². The molecule has 2 heterocycles. The first kappa shape index (κ1) is 19.9. The van der Waals surface area contributed by atoms with E-state index in [9.17, 15) is 14.4 Å². The number of urea groups is 1. The molecule has 0 spiro atoms.